The number of hydrogen-bond donors (Lipinski definition) is 1. The average molecular weight is 285 g/mol. The van der Waals surface area contributed by atoms with Gasteiger partial charge in [0, 0.05) is 6.54 Å². The van der Waals surface area contributed by atoms with Crippen LogP contribution in [0.25, 0.3) is 0 Å². The highest BCUT2D eigenvalue weighted by atomic mass is 16.5. The van der Waals surface area contributed by atoms with Gasteiger partial charge in [-0.3, -0.25) is 0 Å². The summed E-state index contributed by atoms with van der Waals surface area (Å²) in [6.45, 7) is 5.96. The predicted molar refractivity (Wildman–Crippen MR) is 85.6 cm³/mol. The molecule has 0 aliphatic heterocycles. The normalized spacial score (nSPS) is 10.4. The van der Waals surface area contributed by atoms with Crippen molar-refractivity contribution < 1.29 is 9.47 Å². The van der Waals surface area contributed by atoms with Gasteiger partial charge in [-0.25, -0.2) is 0 Å². The Bertz CT molecular complexity index is 581. The van der Waals surface area contributed by atoms with E-state index in [1.54, 1.807) is 0 Å². The summed E-state index contributed by atoms with van der Waals surface area (Å²) >= 11 is 0. The van der Waals surface area contributed by atoms with E-state index < -0.39 is 0 Å². The highest BCUT2D eigenvalue weighted by Gasteiger charge is 2.06. The van der Waals surface area contributed by atoms with Crippen LogP contribution in [-0.2, 0) is 13.2 Å². The summed E-state index contributed by atoms with van der Waals surface area (Å²) in [4.78, 5) is 0. The Hall–Kier alpha value is -2.00. The van der Waals surface area contributed by atoms with Gasteiger partial charge in [0.2, 0.25) is 0 Å². The first-order valence-corrected chi connectivity index (χ1v) is 7.37. The number of hydrogen-bond acceptors (Lipinski definition) is 3. The van der Waals surface area contributed by atoms with E-state index in [-0.39, 0.29) is 0 Å². The van der Waals surface area contributed by atoms with Gasteiger partial charge >= 0.3 is 0 Å². The number of aryl methyl sites for hydroxylation is 1. The molecule has 0 unspecified atom stereocenters. The molecule has 0 aliphatic carbocycles. The number of nitrogens with two attached hydrogens (primary N) is 1. The maximum atomic E-state index is 5.92. The molecule has 2 rings (SSSR count). The van der Waals surface area contributed by atoms with Gasteiger partial charge in [0.05, 0.1) is 6.61 Å². The van der Waals surface area contributed by atoms with Crippen molar-refractivity contribution in [3.8, 4) is 11.5 Å². The van der Waals surface area contributed by atoms with E-state index in [2.05, 4.69) is 26.0 Å². The number of ether oxygens (including phenoxy) is 2. The summed E-state index contributed by atoms with van der Waals surface area (Å²) in [7, 11) is 0. The van der Waals surface area contributed by atoms with Crippen molar-refractivity contribution >= 4 is 0 Å². The second kappa shape index (κ2) is 7.70. The lowest BCUT2D eigenvalue weighted by molar-refractivity contribution is 0.261. The third-order valence-electron chi connectivity index (χ3n) is 3.34. The van der Waals surface area contributed by atoms with Crippen LogP contribution in [0.15, 0.2) is 42.5 Å². The van der Waals surface area contributed by atoms with E-state index in [0.29, 0.717) is 19.8 Å². The summed E-state index contributed by atoms with van der Waals surface area (Å²) in [5.74, 6) is 1.59. The molecule has 3 heteroatoms. The number of rotatable bonds is 7. The molecule has 0 amide bonds. The second-order valence-corrected chi connectivity index (χ2v) is 5.05. The highest BCUT2D eigenvalue weighted by Crippen LogP contribution is 2.27. The van der Waals surface area contributed by atoms with Crippen molar-refractivity contribution in [1.29, 1.82) is 0 Å². The minimum absolute atomic E-state index is 0.531. The molecule has 3 nitrogen and oxygen atoms in total. The third-order valence-corrected chi connectivity index (χ3v) is 3.34. The van der Waals surface area contributed by atoms with Gasteiger partial charge in [0.25, 0.3) is 0 Å². The van der Waals surface area contributed by atoms with E-state index in [4.69, 9.17) is 15.2 Å². The van der Waals surface area contributed by atoms with Crippen molar-refractivity contribution in [3.63, 3.8) is 0 Å². The molecule has 0 atom stereocenters. The summed E-state index contributed by atoms with van der Waals surface area (Å²) < 4.78 is 11.6. The molecule has 0 aliphatic rings. The Morgan fingerprint density at radius 3 is 2.33 bits per heavy atom. The predicted octanol–water partition coefficient (Wildman–Crippen LogP) is 3.82. The Balaban J connectivity index is 2.06. The first-order valence-electron chi connectivity index (χ1n) is 7.37. The molecular formula is C18H23NO2. The minimum Gasteiger partial charge on any atom is -0.490 e. The summed E-state index contributed by atoms with van der Waals surface area (Å²) in [6.07, 6.45) is 0.980. The van der Waals surface area contributed by atoms with Gasteiger partial charge in [-0.1, -0.05) is 37.3 Å². The third kappa shape index (κ3) is 4.23. The maximum absolute atomic E-state index is 5.92. The van der Waals surface area contributed by atoms with E-state index in [9.17, 15) is 0 Å². The summed E-state index contributed by atoms with van der Waals surface area (Å²) in [5, 5.41) is 0. The lowest BCUT2D eigenvalue weighted by Gasteiger charge is -2.13. The molecule has 0 radical (unpaired) electrons. The van der Waals surface area contributed by atoms with Crippen LogP contribution >= 0.6 is 0 Å². The topological polar surface area (TPSA) is 44.5 Å². The van der Waals surface area contributed by atoms with Gasteiger partial charge in [-0.15, -0.1) is 0 Å². The minimum atomic E-state index is 0.531. The zero-order chi connectivity index (χ0) is 15.1. The molecular weight excluding hydrogens is 262 g/mol. The first-order chi connectivity index (χ1) is 10.2. The molecule has 21 heavy (non-hydrogen) atoms. The monoisotopic (exact) mass is 285 g/mol. The lowest BCUT2D eigenvalue weighted by atomic mass is 10.1. The molecule has 0 bridgehead atoms. The second-order valence-electron chi connectivity index (χ2n) is 5.05. The molecule has 2 aromatic carbocycles. The van der Waals surface area contributed by atoms with E-state index in [1.807, 2.05) is 30.3 Å². The molecule has 0 fully saturated rings. The van der Waals surface area contributed by atoms with E-state index in [0.717, 1.165) is 29.0 Å². The molecule has 0 saturated heterocycles. The number of benzene rings is 2. The van der Waals surface area contributed by atoms with Gasteiger partial charge in [0.1, 0.15) is 6.61 Å². The highest BCUT2D eigenvalue weighted by molar-refractivity contribution is 5.40. The SMILES string of the molecule is CCCOc1ccccc1OCc1ccc(CN)cc1C. The summed E-state index contributed by atoms with van der Waals surface area (Å²) in [5.41, 5.74) is 9.16. The van der Waals surface area contributed by atoms with Crippen LogP contribution in [0.1, 0.15) is 30.0 Å². The fourth-order valence-electron chi connectivity index (χ4n) is 2.10. The van der Waals surface area contributed by atoms with Gasteiger partial charge in [-0.05, 0) is 42.2 Å². The molecule has 2 N–H and O–H groups in total. The van der Waals surface area contributed by atoms with Crippen LogP contribution in [0.4, 0.5) is 0 Å². The lowest BCUT2D eigenvalue weighted by Crippen LogP contribution is -2.03. The zero-order valence-electron chi connectivity index (χ0n) is 12.8. The standard InChI is InChI=1S/C18H23NO2/c1-3-10-20-17-6-4-5-7-18(17)21-13-16-9-8-15(12-19)11-14(16)2/h4-9,11H,3,10,12-13,19H2,1-2H3. The van der Waals surface area contributed by atoms with Crippen molar-refractivity contribution in [3.05, 3.63) is 59.2 Å². The van der Waals surface area contributed by atoms with E-state index in [1.165, 1.54) is 5.56 Å². The van der Waals surface area contributed by atoms with Crippen molar-refractivity contribution in [1.82, 2.24) is 0 Å². The number of para-hydroxylation sites is 2. The first kappa shape index (κ1) is 15.4. The molecule has 0 saturated carbocycles. The maximum Gasteiger partial charge on any atom is 0.161 e. The Morgan fingerprint density at radius 2 is 1.71 bits per heavy atom. The van der Waals surface area contributed by atoms with Crippen LogP contribution in [0.5, 0.6) is 11.5 Å². The zero-order valence-corrected chi connectivity index (χ0v) is 12.8. The molecule has 0 aromatic heterocycles. The Kier molecular flexibility index (Phi) is 5.64. The Labute approximate surface area is 126 Å². The average Bonchev–Trinajstić information content (AvgIpc) is 2.52. The largest absolute Gasteiger partial charge is 0.490 e. The fourth-order valence-corrected chi connectivity index (χ4v) is 2.10. The fraction of sp³-hybridized carbons (Fsp3) is 0.333. The van der Waals surface area contributed by atoms with Crippen LogP contribution in [0.3, 0.4) is 0 Å². The van der Waals surface area contributed by atoms with Crippen LogP contribution in [0, 0.1) is 6.92 Å². The van der Waals surface area contributed by atoms with Gasteiger partial charge < -0.3 is 15.2 Å². The molecule has 0 spiro atoms. The quantitative estimate of drug-likeness (QED) is 0.841. The molecule has 0 heterocycles. The summed E-state index contributed by atoms with van der Waals surface area (Å²) in [6, 6.07) is 14.0. The van der Waals surface area contributed by atoms with Gasteiger partial charge in [0.15, 0.2) is 11.5 Å². The van der Waals surface area contributed by atoms with Crippen LogP contribution in [0.2, 0.25) is 0 Å². The molecule has 2 aromatic rings. The van der Waals surface area contributed by atoms with Crippen LogP contribution < -0.4 is 15.2 Å². The van der Waals surface area contributed by atoms with Crippen molar-refractivity contribution in [2.75, 3.05) is 6.61 Å². The van der Waals surface area contributed by atoms with Crippen molar-refractivity contribution in [2.45, 2.75) is 33.4 Å². The van der Waals surface area contributed by atoms with E-state index >= 15 is 0 Å². The van der Waals surface area contributed by atoms with Crippen molar-refractivity contribution in [2.24, 2.45) is 5.73 Å². The van der Waals surface area contributed by atoms with Gasteiger partial charge in [-0.2, -0.15) is 0 Å². The Morgan fingerprint density at radius 1 is 1.00 bits per heavy atom. The smallest absolute Gasteiger partial charge is 0.161 e. The van der Waals surface area contributed by atoms with Crippen LogP contribution in [-0.4, -0.2) is 6.61 Å². The molecule has 112 valence electrons.